The number of benzene rings is 2. The predicted molar refractivity (Wildman–Crippen MR) is 186 cm³/mol. The number of amides is 1. The minimum atomic E-state index is -5.09. The summed E-state index contributed by atoms with van der Waals surface area (Å²) >= 11 is 0. The number of pyridine rings is 1. The van der Waals surface area contributed by atoms with E-state index in [2.05, 4.69) is 25.2 Å². The van der Waals surface area contributed by atoms with E-state index in [9.17, 15) is 31.1 Å². The first-order valence-electron chi connectivity index (χ1n) is 17.6. The number of aromatic nitrogens is 3. The number of hydrogen-bond donors (Lipinski definition) is 1. The topological polar surface area (TPSA) is 102 Å². The molecular weight excluding hydrogens is 718 g/mol. The van der Waals surface area contributed by atoms with Crippen molar-refractivity contribution < 1.29 is 45.3 Å². The van der Waals surface area contributed by atoms with Gasteiger partial charge in [0.15, 0.2) is 5.75 Å². The Balaban J connectivity index is 1.36. The molecule has 0 bridgehead atoms. The highest BCUT2D eigenvalue weighted by Gasteiger charge is 2.41. The maximum Gasteiger partial charge on any atom is 0.416 e. The van der Waals surface area contributed by atoms with Gasteiger partial charge in [-0.15, -0.1) is 0 Å². The van der Waals surface area contributed by atoms with Crippen molar-refractivity contribution in [2.45, 2.75) is 76.2 Å². The molecule has 288 valence electrons. The zero-order valence-electron chi connectivity index (χ0n) is 29.8. The summed E-state index contributed by atoms with van der Waals surface area (Å²) in [6, 6.07) is 11.9. The van der Waals surface area contributed by atoms with Crippen LogP contribution in [0.5, 0.6) is 11.6 Å². The molecule has 2 aromatic heterocycles. The molecule has 0 radical (unpaired) electrons. The Morgan fingerprint density at radius 3 is 2.26 bits per heavy atom. The van der Waals surface area contributed by atoms with Gasteiger partial charge in [-0.05, 0) is 61.6 Å². The number of likely N-dealkylation sites (tertiary alicyclic amines) is 1. The maximum atomic E-state index is 14.1. The van der Waals surface area contributed by atoms with Gasteiger partial charge in [0.05, 0.1) is 60.7 Å². The number of nitrogens with one attached hydrogen (secondary N) is 1. The lowest BCUT2D eigenvalue weighted by Gasteiger charge is -2.40. The van der Waals surface area contributed by atoms with E-state index in [4.69, 9.17) is 14.2 Å². The molecule has 6 rings (SSSR count). The molecule has 4 aromatic rings. The van der Waals surface area contributed by atoms with E-state index in [-0.39, 0.29) is 48.2 Å². The molecule has 2 aliphatic heterocycles. The van der Waals surface area contributed by atoms with Gasteiger partial charge in [-0.1, -0.05) is 37.3 Å². The number of carbonyl (C=O) groups excluding carboxylic acids is 1. The van der Waals surface area contributed by atoms with E-state index in [1.54, 1.807) is 19.1 Å². The van der Waals surface area contributed by atoms with Crippen molar-refractivity contribution in [1.29, 1.82) is 0 Å². The van der Waals surface area contributed by atoms with Crippen molar-refractivity contribution in [3.63, 3.8) is 0 Å². The van der Waals surface area contributed by atoms with Crippen molar-refractivity contribution in [3.8, 4) is 11.6 Å². The van der Waals surface area contributed by atoms with E-state index >= 15 is 0 Å². The number of carbonyl (C=O) groups is 1. The molecule has 0 spiro atoms. The molecule has 0 aliphatic carbocycles. The molecule has 1 fully saturated rings. The van der Waals surface area contributed by atoms with E-state index in [1.807, 2.05) is 37.3 Å². The first-order valence-corrected chi connectivity index (χ1v) is 17.6. The first kappa shape index (κ1) is 38.8. The molecule has 1 saturated heterocycles. The Morgan fingerprint density at radius 1 is 0.963 bits per heavy atom. The molecule has 2 aromatic carbocycles. The second-order valence-electron chi connectivity index (χ2n) is 13.1. The summed E-state index contributed by atoms with van der Waals surface area (Å²) < 4.78 is 101. The number of alkyl halides is 6. The maximum absolute atomic E-state index is 14.1. The van der Waals surface area contributed by atoms with Crippen LogP contribution < -0.4 is 19.7 Å². The number of methoxy groups -OCH3 is 1. The van der Waals surface area contributed by atoms with Gasteiger partial charge in [0.2, 0.25) is 5.88 Å². The van der Waals surface area contributed by atoms with Gasteiger partial charge >= 0.3 is 18.4 Å². The zero-order valence-corrected chi connectivity index (χ0v) is 29.8. The largest absolute Gasteiger partial charge is 0.486 e. The van der Waals surface area contributed by atoms with Crippen LogP contribution in [0.2, 0.25) is 0 Å². The summed E-state index contributed by atoms with van der Waals surface area (Å²) in [7, 11) is 1.39. The van der Waals surface area contributed by atoms with Gasteiger partial charge in [0.25, 0.3) is 0 Å². The highest BCUT2D eigenvalue weighted by atomic mass is 19.4. The summed E-state index contributed by atoms with van der Waals surface area (Å²) in [6.07, 6.45) is -6.89. The lowest BCUT2D eigenvalue weighted by Crippen LogP contribution is -2.48. The third-order valence-electron chi connectivity index (χ3n) is 9.48. The highest BCUT2D eigenvalue weighted by Crippen LogP contribution is 2.42. The van der Waals surface area contributed by atoms with Crippen molar-refractivity contribution in [2.24, 2.45) is 0 Å². The van der Waals surface area contributed by atoms with Crippen LogP contribution in [0.15, 0.2) is 73.1 Å². The normalized spacial score (nSPS) is 19.6. The molecular formula is C38H40F6N6O4. The van der Waals surface area contributed by atoms with Gasteiger partial charge in [0, 0.05) is 31.7 Å². The number of ether oxygens (including phenoxy) is 3. The highest BCUT2D eigenvalue weighted by molar-refractivity contribution is 5.90. The van der Waals surface area contributed by atoms with Gasteiger partial charge < -0.3 is 14.2 Å². The molecule has 4 atom stereocenters. The SMILES string of the molecule is CCOC(=O)N1c2ccc(OC)nc2[C@@H](NC(c2cc(C(F)(F)F)cc(C(F)(F)F)c2)c2ncc(O[C@H]3CCN(Cc4ccccc4)C3)cn2)C[C@H]1CC. The lowest BCUT2D eigenvalue weighted by molar-refractivity contribution is -0.143. The summed E-state index contributed by atoms with van der Waals surface area (Å²) in [4.78, 5) is 30.3. The Kier molecular flexibility index (Phi) is 11.6. The van der Waals surface area contributed by atoms with Crippen LogP contribution in [-0.2, 0) is 23.6 Å². The molecule has 2 aliphatic rings. The summed E-state index contributed by atoms with van der Waals surface area (Å²) in [5.41, 5.74) is -1.54. The molecule has 10 nitrogen and oxygen atoms in total. The lowest BCUT2D eigenvalue weighted by atomic mass is 9.91. The van der Waals surface area contributed by atoms with E-state index in [0.29, 0.717) is 36.5 Å². The predicted octanol–water partition coefficient (Wildman–Crippen LogP) is 8.14. The Hall–Kier alpha value is -4.96. The fraction of sp³-hybridized carbons (Fsp3) is 0.421. The van der Waals surface area contributed by atoms with Crippen molar-refractivity contribution >= 4 is 11.8 Å². The summed E-state index contributed by atoms with van der Waals surface area (Å²) in [5.74, 6) is 0.383. The fourth-order valence-electron chi connectivity index (χ4n) is 6.92. The summed E-state index contributed by atoms with van der Waals surface area (Å²) in [5, 5.41) is 3.23. The number of halogens is 6. The molecule has 4 heterocycles. The molecule has 1 amide bonds. The second-order valence-corrected chi connectivity index (χ2v) is 13.1. The van der Waals surface area contributed by atoms with Crippen LogP contribution >= 0.6 is 0 Å². The van der Waals surface area contributed by atoms with Crippen LogP contribution in [0.1, 0.15) is 79.0 Å². The minimum absolute atomic E-state index is 0.0771. The Morgan fingerprint density at radius 2 is 1.65 bits per heavy atom. The Bertz CT molecular complexity index is 1860. The van der Waals surface area contributed by atoms with Gasteiger partial charge in [-0.3, -0.25) is 15.1 Å². The number of anilines is 1. The van der Waals surface area contributed by atoms with Crippen molar-refractivity contribution in [1.82, 2.24) is 25.2 Å². The van der Waals surface area contributed by atoms with E-state index in [1.165, 1.54) is 30.0 Å². The van der Waals surface area contributed by atoms with Crippen LogP contribution in [0.3, 0.4) is 0 Å². The van der Waals surface area contributed by atoms with Crippen LogP contribution in [0, 0.1) is 0 Å². The Labute approximate surface area is 308 Å². The third-order valence-corrected chi connectivity index (χ3v) is 9.48. The van der Waals surface area contributed by atoms with Gasteiger partial charge in [-0.2, -0.15) is 26.3 Å². The standard InChI is InChI=1S/C38H40F6N6O4/c1-4-27-18-30(34-31(11-12-32(48-34)52-3)50(27)36(51)53-5-2)47-33(24-15-25(37(39,40)41)17-26(16-24)38(42,43)44)35-45-19-29(20-46-35)54-28-13-14-49(22-28)21-23-9-7-6-8-10-23/h6-12,15-17,19-20,27-28,30,33,47H,4-5,13-14,18,21-22H2,1-3H3/t27-,28+,30+,33?/m1/s1. The molecule has 54 heavy (non-hydrogen) atoms. The van der Waals surface area contributed by atoms with Crippen LogP contribution in [0.25, 0.3) is 0 Å². The number of nitrogens with zero attached hydrogens (tertiary/aromatic N) is 5. The number of rotatable bonds is 11. The van der Waals surface area contributed by atoms with E-state index in [0.717, 1.165) is 19.5 Å². The zero-order chi connectivity index (χ0) is 38.6. The second kappa shape index (κ2) is 16.2. The average Bonchev–Trinajstić information content (AvgIpc) is 3.59. The van der Waals surface area contributed by atoms with Crippen LogP contribution in [-0.4, -0.2) is 64.9 Å². The monoisotopic (exact) mass is 758 g/mol. The van der Waals surface area contributed by atoms with E-state index < -0.39 is 47.7 Å². The molecule has 1 N–H and O–H groups in total. The third kappa shape index (κ3) is 8.87. The van der Waals surface area contributed by atoms with Gasteiger partial charge in [0.1, 0.15) is 11.9 Å². The minimum Gasteiger partial charge on any atom is -0.486 e. The molecule has 1 unspecified atom stereocenters. The van der Waals surface area contributed by atoms with Crippen molar-refractivity contribution in [3.05, 3.63) is 107 Å². The fourth-order valence-corrected chi connectivity index (χ4v) is 6.92. The van der Waals surface area contributed by atoms with Crippen molar-refractivity contribution in [2.75, 3.05) is 31.7 Å². The van der Waals surface area contributed by atoms with Crippen LogP contribution in [0.4, 0.5) is 36.8 Å². The van der Waals surface area contributed by atoms with Gasteiger partial charge in [-0.25, -0.2) is 19.7 Å². The smallest absolute Gasteiger partial charge is 0.416 e. The molecule has 0 saturated carbocycles. The molecule has 16 heteroatoms. The quantitative estimate of drug-likeness (QED) is 0.152. The number of hydrogen-bond acceptors (Lipinski definition) is 9. The average molecular weight is 759 g/mol. The number of fused-ring (bicyclic) bond motifs is 1. The first-order chi connectivity index (χ1) is 25.8. The summed E-state index contributed by atoms with van der Waals surface area (Å²) in [6.45, 7) is 5.82.